The molecule has 0 aliphatic heterocycles. The summed E-state index contributed by atoms with van der Waals surface area (Å²) in [4.78, 5) is 16.5. The summed E-state index contributed by atoms with van der Waals surface area (Å²) in [6.45, 7) is 1.61. The molecule has 0 radical (unpaired) electrons. The lowest BCUT2D eigenvalue weighted by Crippen LogP contribution is -2.23. The third kappa shape index (κ3) is 5.19. The van der Waals surface area contributed by atoms with E-state index in [-0.39, 0.29) is 35.3 Å². The highest BCUT2D eigenvalue weighted by molar-refractivity contribution is 7.89. The fraction of sp³-hybridized carbons (Fsp3) is 0.250. The highest BCUT2D eigenvalue weighted by Gasteiger charge is 2.18. The number of methoxy groups -OCH3 is 2. The van der Waals surface area contributed by atoms with Crippen LogP contribution in [0.15, 0.2) is 51.9 Å². The number of esters is 1. The van der Waals surface area contributed by atoms with Crippen molar-refractivity contribution in [2.75, 3.05) is 20.8 Å². The molecule has 2 aromatic carbocycles. The third-order valence-corrected chi connectivity index (χ3v) is 5.70. The zero-order valence-electron chi connectivity index (χ0n) is 17.1. The van der Waals surface area contributed by atoms with E-state index in [1.807, 2.05) is 0 Å². The molecule has 0 saturated heterocycles. The molecule has 10 nitrogen and oxygen atoms in total. The van der Waals surface area contributed by atoms with Gasteiger partial charge in [0.25, 0.3) is 5.89 Å². The average molecular weight is 447 g/mol. The van der Waals surface area contributed by atoms with Crippen molar-refractivity contribution in [1.82, 2.24) is 14.9 Å². The number of carbonyl (C=O) groups is 1. The average Bonchev–Trinajstić information content (AvgIpc) is 3.25. The van der Waals surface area contributed by atoms with Gasteiger partial charge >= 0.3 is 5.97 Å². The highest BCUT2D eigenvalue weighted by atomic mass is 32.2. The number of hydrogen-bond donors (Lipinski definition) is 1. The van der Waals surface area contributed by atoms with E-state index in [4.69, 9.17) is 18.7 Å². The van der Waals surface area contributed by atoms with Gasteiger partial charge in [0.15, 0.2) is 6.61 Å². The Morgan fingerprint density at radius 1 is 1.13 bits per heavy atom. The Balaban J connectivity index is 1.71. The Hall–Kier alpha value is -3.44. The van der Waals surface area contributed by atoms with E-state index < -0.39 is 16.0 Å². The second kappa shape index (κ2) is 9.58. The van der Waals surface area contributed by atoms with Crippen molar-refractivity contribution in [3.8, 4) is 22.9 Å². The van der Waals surface area contributed by atoms with Crippen LogP contribution in [0.4, 0.5) is 0 Å². The van der Waals surface area contributed by atoms with Gasteiger partial charge in [0.1, 0.15) is 11.5 Å². The largest absolute Gasteiger partial charge is 0.497 e. The number of benzene rings is 2. The molecule has 0 atom stereocenters. The first-order valence-corrected chi connectivity index (χ1v) is 10.7. The van der Waals surface area contributed by atoms with Gasteiger partial charge in [-0.05, 0) is 30.3 Å². The monoisotopic (exact) mass is 447 g/mol. The summed E-state index contributed by atoms with van der Waals surface area (Å²) in [6.07, 6.45) is 0. The summed E-state index contributed by atoms with van der Waals surface area (Å²) in [6, 6.07) is 10.7. The van der Waals surface area contributed by atoms with Crippen LogP contribution in [0.3, 0.4) is 0 Å². The Morgan fingerprint density at radius 3 is 2.65 bits per heavy atom. The van der Waals surface area contributed by atoms with Crippen molar-refractivity contribution < 1.29 is 31.9 Å². The number of rotatable bonds is 9. The number of hydrogen-bond acceptors (Lipinski definition) is 9. The molecule has 1 N–H and O–H groups in total. The van der Waals surface area contributed by atoms with Crippen LogP contribution in [0, 0.1) is 0 Å². The fourth-order valence-corrected chi connectivity index (χ4v) is 3.77. The molecule has 3 rings (SSSR count). The SMILES string of the molecule is CCNS(=O)(=O)c1cccc(C(=O)OCc2nc(-c3ccc(OC)cc3OC)no2)c1. The van der Waals surface area contributed by atoms with Gasteiger partial charge in [-0.3, -0.25) is 0 Å². The molecule has 0 unspecified atom stereocenters. The van der Waals surface area contributed by atoms with Gasteiger partial charge in [-0.25, -0.2) is 17.9 Å². The molecule has 0 saturated carbocycles. The normalized spacial score (nSPS) is 11.2. The number of nitrogens with one attached hydrogen (secondary N) is 1. The number of nitrogens with zero attached hydrogens (tertiary/aromatic N) is 2. The van der Waals surface area contributed by atoms with E-state index >= 15 is 0 Å². The number of ether oxygens (including phenoxy) is 3. The van der Waals surface area contributed by atoms with E-state index in [2.05, 4.69) is 14.9 Å². The molecule has 0 aliphatic carbocycles. The molecule has 0 aliphatic rings. The topological polar surface area (TPSA) is 130 Å². The molecule has 164 valence electrons. The first-order valence-electron chi connectivity index (χ1n) is 9.19. The lowest BCUT2D eigenvalue weighted by molar-refractivity contribution is 0.0429. The van der Waals surface area contributed by atoms with Gasteiger partial charge < -0.3 is 18.7 Å². The molecule has 1 heterocycles. The summed E-state index contributed by atoms with van der Waals surface area (Å²) in [5.74, 6) is 0.691. The minimum Gasteiger partial charge on any atom is -0.497 e. The molecule has 0 amide bonds. The minimum atomic E-state index is -3.69. The lowest BCUT2D eigenvalue weighted by Gasteiger charge is -2.07. The van der Waals surface area contributed by atoms with Gasteiger partial charge in [0.05, 0.1) is 30.2 Å². The maximum atomic E-state index is 12.3. The summed E-state index contributed by atoms with van der Waals surface area (Å²) in [5.41, 5.74) is 0.654. The van der Waals surface area contributed by atoms with Gasteiger partial charge in [-0.2, -0.15) is 4.98 Å². The molecular formula is C20H21N3O7S. The maximum Gasteiger partial charge on any atom is 0.338 e. The van der Waals surface area contributed by atoms with Gasteiger partial charge in [0.2, 0.25) is 15.8 Å². The molecule has 0 fully saturated rings. The fourth-order valence-electron chi connectivity index (χ4n) is 2.68. The van der Waals surface area contributed by atoms with Crippen molar-refractivity contribution in [2.45, 2.75) is 18.4 Å². The molecule has 3 aromatic rings. The van der Waals surface area contributed by atoms with Crippen LogP contribution in [0.5, 0.6) is 11.5 Å². The van der Waals surface area contributed by atoms with Crippen molar-refractivity contribution in [1.29, 1.82) is 0 Å². The molecule has 0 bridgehead atoms. The van der Waals surface area contributed by atoms with E-state index in [1.54, 1.807) is 32.2 Å². The molecule has 0 spiro atoms. The zero-order chi connectivity index (χ0) is 22.4. The van der Waals surface area contributed by atoms with Crippen LogP contribution in [0.2, 0.25) is 0 Å². The lowest BCUT2D eigenvalue weighted by atomic mass is 10.2. The molecular weight excluding hydrogens is 426 g/mol. The van der Waals surface area contributed by atoms with Crippen LogP contribution >= 0.6 is 0 Å². The van der Waals surface area contributed by atoms with Gasteiger partial charge in [0, 0.05) is 12.6 Å². The summed E-state index contributed by atoms with van der Waals surface area (Å²) in [5, 5.41) is 3.88. The number of sulfonamides is 1. The Kier molecular flexibility index (Phi) is 6.88. The Labute approximate surface area is 179 Å². The zero-order valence-corrected chi connectivity index (χ0v) is 17.9. The van der Waals surface area contributed by atoms with Crippen LogP contribution in [-0.2, 0) is 21.4 Å². The van der Waals surface area contributed by atoms with Gasteiger partial charge in [-0.1, -0.05) is 18.1 Å². The first-order chi connectivity index (χ1) is 14.9. The quantitative estimate of drug-likeness (QED) is 0.491. The van der Waals surface area contributed by atoms with E-state index in [1.165, 1.54) is 31.4 Å². The Morgan fingerprint density at radius 2 is 1.94 bits per heavy atom. The van der Waals surface area contributed by atoms with Crippen LogP contribution < -0.4 is 14.2 Å². The van der Waals surface area contributed by atoms with Crippen LogP contribution in [0.25, 0.3) is 11.4 Å². The summed E-state index contributed by atoms with van der Waals surface area (Å²) < 4.78 is 47.4. The van der Waals surface area contributed by atoms with Crippen molar-refractivity contribution in [3.63, 3.8) is 0 Å². The predicted octanol–water partition coefficient (Wildman–Crippen LogP) is 2.41. The number of aromatic nitrogens is 2. The second-order valence-corrected chi connectivity index (χ2v) is 7.95. The highest BCUT2D eigenvalue weighted by Crippen LogP contribution is 2.31. The van der Waals surface area contributed by atoms with Crippen molar-refractivity contribution in [2.24, 2.45) is 0 Å². The number of carbonyl (C=O) groups excluding carboxylic acids is 1. The van der Waals surface area contributed by atoms with E-state index in [0.29, 0.717) is 17.1 Å². The van der Waals surface area contributed by atoms with Crippen LogP contribution in [-0.4, -0.2) is 45.3 Å². The Bertz CT molecular complexity index is 1180. The van der Waals surface area contributed by atoms with E-state index in [0.717, 1.165) is 0 Å². The van der Waals surface area contributed by atoms with Gasteiger partial charge in [-0.15, -0.1) is 0 Å². The molecule has 31 heavy (non-hydrogen) atoms. The predicted molar refractivity (Wildman–Crippen MR) is 109 cm³/mol. The maximum absolute atomic E-state index is 12.3. The third-order valence-electron chi connectivity index (χ3n) is 4.16. The standard InChI is InChI=1S/C20H21N3O7S/c1-4-21-31(25,26)15-7-5-6-13(10-15)20(24)29-12-18-22-19(23-30-18)16-9-8-14(27-2)11-17(16)28-3/h5-11,21H,4,12H2,1-3H3. The van der Waals surface area contributed by atoms with Crippen molar-refractivity contribution >= 4 is 16.0 Å². The second-order valence-electron chi connectivity index (χ2n) is 6.18. The van der Waals surface area contributed by atoms with Crippen LogP contribution in [0.1, 0.15) is 23.2 Å². The minimum absolute atomic E-state index is 0.0320. The molecule has 11 heteroatoms. The van der Waals surface area contributed by atoms with Crippen molar-refractivity contribution in [3.05, 3.63) is 53.9 Å². The molecule has 1 aromatic heterocycles. The summed E-state index contributed by atoms with van der Waals surface area (Å²) in [7, 11) is -0.644. The van der Waals surface area contributed by atoms with E-state index in [9.17, 15) is 13.2 Å². The smallest absolute Gasteiger partial charge is 0.338 e. The summed E-state index contributed by atoms with van der Waals surface area (Å²) >= 11 is 0. The first kappa shape index (κ1) is 22.2.